The third kappa shape index (κ3) is 7.01. The number of Topliss-reactive ketones (excluding diaryl/α,β-unsaturated/α-hetero) is 1. The summed E-state index contributed by atoms with van der Waals surface area (Å²) in [6.45, 7) is 8.59. The van der Waals surface area contributed by atoms with Gasteiger partial charge >= 0.3 is 0 Å². The summed E-state index contributed by atoms with van der Waals surface area (Å²) in [6.07, 6.45) is 0. The summed E-state index contributed by atoms with van der Waals surface area (Å²) in [5.74, 6) is 0.781. The predicted octanol–water partition coefficient (Wildman–Crippen LogP) is 6.13. The molecule has 2 N–H and O–H groups in total. The van der Waals surface area contributed by atoms with E-state index in [0.29, 0.717) is 12.2 Å². The van der Waals surface area contributed by atoms with Crippen LogP contribution in [0.1, 0.15) is 43.6 Å². The molecule has 0 atom stereocenters. The summed E-state index contributed by atoms with van der Waals surface area (Å²) in [5.41, 5.74) is 9.29. The van der Waals surface area contributed by atoms with Gasteiger partial charge in [-0.15, -0.1) is 0 Å². The lowest BCUT2D eigenvalue weighted by Gasteiger charge is -2.08. The molecule has 28 heavy (non-hydrogen) atoms. The Morgan fingerprint density at radius 3 is 1.75 bits per heavy atom. The van der Waals surface area contributed by atoms with E-state index >= 15 is 0 Å². The van der Waals surface area contributed by atoms with Crippen molar-refractivity contribution in [3.8, 4) is 16.9 Å². The molecule has 0 saturated carbocycles. The maximum atomic E-state index is 11.6. The van der Waals surface area contributed by atoms with Crippen molar-refractivity contribution in [3.05, 3.63) is 90.0 Å². The molecule has 3 aromatic rings. The van der Waals surface area contributed by atoms with Crippen molar-refractivity contribution in [1.29, 1.82) is 0 Å². The monoisotopic (exact) mass is 377 g/mol. The highest BCUT2D eigenvalue weighted by molar-refractivity contribution is 5.97. The Balaban J connectivity index is 0.000000921. The highest BCUT2D eigenvalue weighted by atomic mass is 16.5. The molecule has 0 aliphatic heterocycles. The molecule has 0 aromatic heterocycles. The van der Waals surface area contributed by atoms with Crippen LogP contribution in [0, 0.1) is 0 Å². The van der Waals surface area contributed by atoms with E-state index in [2.05, 4.69) is 0 Å². The number of hydrogen-bond donors (Lipinski definition) is 1. The van der Waals surface area contributed by atoms with E-state index in [4.69, 9.17) is 10.5 Å². The zero-order chi connectivity index (χ0) is 20.8. The van der Waals surface area contributed by atoms with Gasteiger partial charge in [0.05, 0.1) is 6.54 Å². The van der Waals surface area contributed by atoms with Crippen molar-refractivity contribution in [3.63, 3.8) is 0 Å². The van der Waals surface area contributed by atoms with Crippen LogP contribution >= 0.6 is 0 Å². The summed E-state index contributed by atoms with van der Waals surface area (Å²) < 4.78 is 5.79. The first-order chi connectivity index (χ1) is 13.8. The SMILES string of the molecule is CC.CC.NCC(=O)c1ccc(-c2ccc(OCc3ccccc3)cc2)cc1. The Labute approximate surface area is 169 Å². The normalized spacial score (nSPS) is 9.32. The van der Waals surface area contributed by atoms with E-state index in [9.17, 15) is 4.79 Å². The largest absolute Gasteiger partial charge is 0.489 e. The second kappa shape index (κ2) is 13.3. The van der Waals surface area contributed by atoms with E-state index in [1.807, 2.05) is 107 Å². The lowest BCUT2D eigenvalue weighted by Crippen LogP contribution is -2.13. The molecule has 0 fully saturated rings. The van der Waals surface area contributed by atoms with Crippen molar-refractivity contribution in [2.24, 2.45) is 5.73 Å². The summed E-state index contributed by atoms with van der Waals surface area (Å²) in [4.78, 5) is 11.6. The van der Waals surface area contributed by atoms with E-state index in [1.54, 1.807) is 0 Å². The molecular weight excluding hydrogens is 346 g/mol. The third-order valence-corrected chi connectivity index (χ3v) is 3.83. The van der Waals surface area contributed by atoms with Crippen LogP contribution in [0.25, 0.3) is 11.1 Å². The Hall–Kier alpha value is -2.91. The lowest BCUT2D eigenvalue weighted by atomic mass is 10.0. The maximum absolute atomic E-state index is 11.6. The molecule has 0 aliphatic rings. The van der Waals surface area contributed by atoms with Crippen molar-refractivity contribution in [1.82, 2.24) is 0 Å². The van der Waals surface area contributed by atoms with Crippen molar-refractivity contribution in [2.75, 3.05) is 6.54 Å². The topological polar surface area (TPSA) is 52.3 Å². The highest BCUT2D eigenvalue weighted by Crippen LogP contribution is 2.23. The van der Waals surface area contributed by atoms with Crippen LogP contribution in [0.5, 0.6) is 5.75 Å². The number of hydrogen-bond acceptors (Lipinski definition) is 3. The second-order valence-corrected chi connectivity index (χ2v) is 5.50. The Morgan fingerprint density at radius 2 is 1.25 bits per heavy atom. The molecule has 0 heterocycles. The quantitative estimate of drug-likeness (QED) is 0.526. The molecule has 148 valence electrons. The number of carbonyl (C=O) groups is 1. The number of nitrogens with two attached hydrogens (primary N) is 1. The van der Waals surface area contributed by atoms with Crippen LogP contribution < -0.4 is 10.5 Å². The predicted molar refractivity (Wildman–Crippen MR) is 119 cm³/mol. The molecule has 3 aromatic carbocycles. The second-order valence-electron chi connectivity index (χ2n) is 5.50. The number of benzene rings is 3. The molecule has 3 heteroatoms. The third-order valence-electron chi connectivity index (χ3n) is 3.83. The van der Waals surface area contributed by atoms with E-state index in [-0.39, 0.29) is 12.3 Å². The standard InChI is InChI=1S/C21H19NO2.2C2H6/c22-14-21(23)19-8-6-17(7-9-19)18-10-12-20(13-11-18)24-15-16-4-2-1-3-5-16;2*1-2/h1-13H,14-15,22H2;2*1-2H3. The molecule has 0 spiro atoms. The fraction of sp³-hybridized carbons (Fsp3) is 0.240. The molecule has 3 nitrogen and oxygen atoms in total. The average Bonchev–Trinajstić information content (AvgIpc) is 2.81. The van der Waals surface area contributed by atoms with E-state index in [1.165, 1.54) is 0 Å². The highest BCUT2D eigenvalue weighted by Gasteiger charge is 2.04. The van der Waals surface area contributed by atoms with Crippen LogP contribution in [0.3, 0.4) is 0 Å². The molecular formula is C25H31NO2. The molecule has 3 rings (SSSR count). The summed E-state index contributed by atoms with van der Waals surface area (Å²) >= 11 is 0. The van der Waals surface area contributed by atoms with Gasteiger partial charge in [0.15, 0.2) is 5.78 Å². The molecule has 0 radical (unpaired) electrons. The van der Waals surface area contributed by atoms with Gasteiger partial charge in [-0.2, -0.15) is 0 Å². The van der Waals surface area contributed by atoms with Gasteiger partial charge in [0.25, 0.3) is 0 Å². The number of rotatable bonds is 6. The average molecular weight is 378 g/mol. The number of ketones is 1. The van der Waals surface area contributed by atoms with Crippen LogP contribution in [0.2, 0.25) is 0 Å². The van der Waals surface area contributed by atoms with Gasteiger partial charge < -0.3 is 10.5 Å². The van der Waals surface area contributed by atoms with Gasteiger partial charge in [-0.1, -0.05) is 94.4 Å². The Morgan fingerprint density at radius 1 is 0.750 bits per heavy atom. The first-order valence-corrected chi connectivity index (χ1v) is 9.87. The first kappa shape index (κ1) is 23.1. The van der Waals surface area contributed by atoms with E-state index in [0.717, 1.165) is 22.4 Å². The lowest BCUT2D eigenvalue weighted by molar-refractivity contribution is 0.100. The molecule has 0 bridgehead atoms. The van der Waals surface area contributed by atoms with Crippen molar-refractivity contribution in [2.45, 2.75) is 34.3 Å². The molecule has 0 saturated heterocycles. The Bertz CT molecular complexity index is 794. The summed E-state index contributed by atoms with van der Waals surface area (Å²) in [5, 5.41) is 0. The van der Waals surface area contributed by atoms with Crippen molar-refractivity contribution < 1.29 is 9.53 Å². The minimum Gasteiger partial charge on any atom is -0.489 e. The van der Waals surface area contributed by atoms with Gasteiger partial charge in [-0.3, -0.25) is 4.79 Å². The van der Waals surface area contributed by atoms with Crippen molar-refractivity contribution >= 4 is 5.78 Å². The van der Waals surface area contributed by atoms with Crippen LogP contribution in [0.4, 0.5) is 0 Å². The zero-order valence-corrected chi connectivity index (χ0v) is 17.3. The smallest absolute Gasteiger partial charge is 0.176 e. The van der Waals surface area contributed by atoms with Crippen LogP contribution in [0.15, 0.2) is 78.9 Å². The summed E-state index contributed by atoms with van der Waals surface area (Å²) in [6, 6.07) is 25.5. The fourth-order valence-electron chi connectivity index (χ4n) is 2.45. The van der Waals surface area contributed by atoms with Crippen LogP contribution in [-0.4, -0.2) is 12.3 Å². The molecule has 0 amide bonds. The first-order valence-electron chi connectivity index (χ1n) is 9.87. The number of ether oxygens (including phenoxy) is 1. The van der Waals surface area contributed by atoms with Gasteiger partial charge in [-0.25, -0.2) is 0 Å². The van der Waals surface area contributed by atoms with Gasteiger partial charge in [0.1, 0.15) is 12.4 Å². The minimum absolute atomic E-state index is 0.0345. The van der Waals surface area contributed by atoms with Gasteiger partial charge in [0.2, 0.25) is 0 Å². The van der Waals surface area contributed by atoms with E-state index < -0.39 is 0 Å². The van der Waals surface area contributed by atoms with Gasteiger partial charge in [-0.05, 0) is 28.8 Å². The minimum atomic E-state index is -0.0498. The van der Waals surface area contributed by atoms with Gasteiger partial charge in [0, 0.05) is 5.56 Å². The molecule has 0 aliphatic carbocycles. The van der Waals surface area contributed by atoms with Crippen LogP contribution in [-0.2, 0) is 6.61 Å². The maximum Gasteiger partial charge on any atom is 0.176 e. The number of carbonyl (C=O) groups excluding carboxylic acids is 1. The zero-order valence-electron chi connectivity index (χ0n) is 17.3. The Kier molecular flexibility index (Phi) is 11.0. The fourth-order valence-corrected chi connectivity index (χ4v) is 2.45. The summed E-state index contributed by atoms with van der Waals surface area (Å²) in [7, 11) is 0. The molecule has 0 unspecified atom stereocenters.